The first-order valence-corrected chi connectivity index (χ1v) is 14.5. The Morgan fingerprint density at radius 3 is 2.07 bits per heavy atom. The van der Waals surface area contributed by atoms with Crippen LogP contribution in [0.3, 0.4) is 0 Å². The van der Waals surface area contributed by atoms with Gasteiger partial charge in [-0.05, 0) is 67.3 Å². The fourth-order valence-corrected chi connectivity index (χ4v) is 5.35. The van der Waals surface area contributed by atoms with Gasteiger partial charge in [0.25, 0.3) is 5.91 Å². The number of hydrogen-bond acceptors (Lipinski definition) is 5. The van der Waals surface area contributed by atoms with Gasteiger partial charge in [-0.15, -0.1) is 0 Å². The van der Waals surface area contributed by atoms with E-state index < -0.39 is 11.7 Å². The molecule has 2 heterocycles. The number of piperidine rings is 1. The number of halogens is 3. The Kier molecular flexibility index (Phi) is 10.5. The van der Waals surface area contributed by atoms with Gasteiger partial charge < -0.3 is 15.1 Å². The van der Waals surface area contributed by atoms with Gasteiger partial charge in [0.2, 0.25) is 0 Å². The van der Waals surface area contributed by atoms with E-state index in [0.717, 1.165) is 55.9 Å². The summed E-state index contributed by atoms with van der Waals surface area (Å²) in [6, 6.07) is 17.7. The zero-order valence-corrected chi connectivity index (χ0v) is 24.5. The van der Waals surface area contributed by atoms with Crippen LogP contribution in [-0.2, 0) is 6.54 Å². The molecule has 2 aromatic rings. The van der Waals surface area contributed by atoms with Crippen molar-refractivity contribution < 1.29 is 18.0 Å². The van der Waals surface area contributed by atoms with E-state index in [9.17, 15) is 18.0 Å². The molecule has 4 rings (SSSR count). The first-order valence-electron chi connectivity index (χ1n) is 14.5. The molecular formula is C34H38F3N5O. The second-order valence-corrected chi connectivity index (χ2v) is 10.9. The normalized spacial score (nSPS) is 17.1. The largest absolute Gasteiger partial charge is 0.416 e. The predicted molar refractivity (Wildman–Crippen MR) is 164 cm³/mol. The first kappa shape index (κ1) is 31.6. The first-order chi connectivity index (χ1) is 20.6. The monoisotopic (exact) mass is 589 g/mol. The molecule has 0 spiro atoms. The molecule has 0 aromatic heterocycles. The second kappa shape index (κ2) is 14.3. The quantitative estimate of drug-likeness (QED) is 0.357. The molecule has 1 amide bonds. The molecule has 2 aliphatic rings. The van der Waals surface area contributed by atoms with Gasteiger partial charge in [-0.2, -0.15) is 18.4 Å². The topological polar surface area (TPSA) is 62.6 Å². The summed E-state index contributed by atoms with van der Waals surface area (Å²) in [5.74, 6) is -0.0752. The SMILES string of the molecule is C=C(NC1CCN(Cc2ccc(C#N)cc2)CC1)c1ccc(C(=O)N2CCN(C(=C)/C=C\C(=C/C)C(F)(F)F)CC2)cc1. The van der Waals surface area contributed by atoms with Crippen LogP contribution in [0.5, 0.6) is 0 Å². The number of piperazine rings is 1. The highest BCUT2D eigenvalue weighted by Crippen LogP contribution is 2.27. The maximum Gasteiger partial charge on any atom is 0.416 e. The van der Waals surface area contributed by atoms with Crippen molar-refractivity contribution >= 4 is 11.6 Å². The Morgan fingerprint density at radius 1 is 0.930 bits per heavy atom. The van der Waals surface area contributed by atoms with Crippen LogP contribution in [0, 0.1) is 11.3 Å². The summed E-state index contributed by atoms with van der Waals surface area (Å²) < 4.78 is 38.9. The van der Waals surface area contributed by atoms with Crippen LogP contribution in [-0.4, -0.2) is 72.1 Å². The van der Waals surface area contributed by atoms with Crippen molar-refractivity contribution in [1.82, 2.24) is 20.0 Å². The minimum atomic E-state index is -4.40. The maximum absolute atomic E-state index is 13.1. The molecule has 43 heavy (non-hydrogen) atoms. The molecule has 2 fully saturated rings. The third-order valence-electron chi connectivity index (χ3n) is 8.00. The molecule has 226 valence electrons. The lowest BCUT2D eigenvalue weighted by Crippen LogP contribution is -2.47. The van der Waals surface area contributed by atoms with E-state index in [-0.39, 0.29) is 5.91 Å². The Bertz CT molecular complexity index is 1390. The molecule has 2 saturated heterocycles. The number of hydrogen-bond donors (Lipinski definition) is 1. The van der Waals surface area contributed by atoms with E-state index in [4.69, 9.17) is 5.26 Å². The highest BCUT2D eigenvalue weighted by Gasteiger charge is 2.31. The number of benzene rings is 2. The predicted octanol–water partition coefficient (Wildman–Crippen LogP) is 6.12. The average Bonchev–Trinajstić information content (AvgIpc) is 3.01. The van der Waals surface area contributed by atoms with E-state index >= 15 is 0 Å². The summed E-state index contributed by atoms with van der Waals surface area (Å²) in [5.41, 5.74) is 4.00. The van der Waals surface area contributed by atoms with Crippen LogP contribution >= 0.6 is 0 Å². The molecule has 0 saturated carbocycles. The van der Waals surface area contributed by atoms with Gasteiger partial charge in [0.15, 0.2) is 0 Å². The molecule has 1 N–H and O–H groups in total. The molecule has 0 bridgehead atoms. The van der Waals surface area contributed by atoms with E-state index in [1.807, 2.05) is 53.4 Å². The fourth-order valence-electron chi connectivity index (χ4n) is 5.35. The van der Waals surface area contributed by atoms with Crippen LogP contribution in [0.15, 0.2) is 91.2 Å². The van der Waals surface area contributed by atoms with Crippen molar-refractivity contribution in [1.29, 1.82) is 5.26 Å². The van der Waals surface area contributed by atoms with Gasteiger partial charge in [-0.1, -0.05) is 43.5 Å². The minimum Gasteiger partial charge on any atom is -0.382 e. The van der Waals surface area contributed by atoms with Crippen molar-refractivity contribution in [3.05, 3.63) is 113 Å². The molecule has 6 nitrogen and oxygen atoms in total. The summed E-state index contributed by atoms with van der Waals surface area (Å²) in [7, 11) is 0. The van der Waals surface area contributed by atoms with E-state index in [1.54, 1.807) is 4.90 Å². The van der Waals surface area contributed by atoms with Gasteiger partial charge in [0.1, 0.15) is 0 Å². The summed E-state index contributed by atoms with van der Waals surface area (Å²) in [4.78, 5) is 19.2. The highest BCUT2D eigenvalue weighted by molar-refractivity contribution is 5.94. The Labute approximate surface area is 252 Å². The van der Waals surface area contributed by atoms with E-state index in [0.29, 0.717) is 49.0 Å². The number of amides is 1. The zero-order valence-electron chi connectivity index (χ0n) is 24.5. The van der Waals surface area contributed by atoms with Crippen LogP contribution in [0.1, 0.15) is 46.8 Å². The highest BCUT2D eigenvalue weighted by atomic mass is 19.4. The van der Waals surface area contributed by atoms with Gasteiger partial charge in [0.05, 0.1) is 17.2 Å². The van der Waals surface area contributed by atoms with Crippen molar-refractivity contribution in [3.8, 4) is 6.07 Å². The number of alkyl halides is 3. The van der Waals surface area contributed by atoms with Crippen LogP contribution < -0.4 is 5.32 Å². The smallest absolute Gasteiger partial charge is 0.382 e. The summed E-state index contributed by atoms with van der Waals surface area (Å²) in [5, 5.41) is 12.5. The minimum absolute atomic E-state index is 0.0752. The third kappa shape index (κ3) is 8.62. The van der Waals surface area contributed by atoms with Crippen molar-refractivity contribution in [3.63, 3.8) is 0 Å². The number of nitriles is 1. The maximum atomic E-state index is 13.1. The Balaban J connectivity index is 1.21. The van der Waals surface area contributed by atoms with Crippen LogP contribution in [0.4, 0.5) is 13.2 Å². The Morgan fingerprint density at radius 2 is 1.51 bits per heavy atom. The summed E-state index contributed by atoms with van der Waals surface area (Å²) >= 11 is 0. The van der Waals surface area contributed by atoms with Gasteiger partial charge in [-0.3, -0.25) is 9.69 Å². The number of rotatable bonds is 9. The molecule has 0 radical (unpaired) electrons. The lowest BCUT2D eigenvalue weighted by atomic mass is 10.0. The standard InChI is InChI=1S/C34H38F3N5O/c1-4-31(34(35,36)37)14-5-25(2)41-19-21-42(22-20-41)33(43)30-12-10-29(11-13-30)26(3)39-32-15-17-40(18-16-32)24-28-8-6-27(23-38)7-9-28/h4-14,32,39H,2-3,15-22,24H2,1H3/b14-5-,31-4+. The van der Waals surface area contributed by atoms with Crippen LogP contribution in [0.25, 0.3) is 5.70 Å². The molecule has 0 unspecified atom stereocenters. The van der Waals surface area contributed by atoms with Crippen molar-refractivity contribution in [2.75, 3.05) is 39.3 Å². The number of carbonyl (C=O) groups is 1. The van der Waals surface area contributed by atoms with E-state index in [2.05, 4.69) is 29.4 Å². The molecule has 0 atom stereocenters. The molecule has 0 aliphatic carbocycles. The van der Waals surface area contributed by atoms with Crippen molar-refractivity contribution in [2.45, 2.75) is 38.5 Å². The van der Waals surface area contributed by atoms with Crippen molar-refractivity contribution in [2.24, 2.45) is 0 Å². The second-order valence-electron chi connectivity index (χ2n) is 10.9. The molecule has 9 heteroatoms. The number of carbonyl (C=O) groups excluding carboxylic acids is 1. The molecule has 2 aromatic carbocycles. The number of allylic oxidation sites excluding steroid dienone is 4. The van der Waals surface area contributed by atoms with Crippen LogP contribution in [0.2, 0.25) is 0 Å². The van der Waals surface area contributed by atoms with Gasteiger partial charge >= 0.3 is 6.18 Å². The fraction of sp³-hybridized carbons (Fsp3) is 0.353. The third-order valence-corrected chi connectivity index (χ3v) is 8.00. The lowest BCUT2D eigenvalue weighted by molar-refractivity contribution is -0.0883. The molecule has 2 aliphatic heterocycles. The molecular weight excluding hydrogens is 551 g/mol. The Hall–Kier alpha value is -4.29. The van der Waals surface area contributed by atoms with Gasteiger partial charge in [0, 0.05) is 68.8 Å². The average molecular weight is 590 g/mol. The lowest BCUT2D eigenvalue weighted by Gasteiger charge is -2.36. The number of likely N-dealkylation sites (tertiary alicyclic amines) is 1. The number of nitrogens with one attached hydrogen (secondary N) is 1. The van der Waals surface area contributed by atoms with E-state index in [1.165, 1.54) is 18.6 Å². The van der Waals surface area contributed by atoms with Gasteiger partial charge in [-0.25, -0.2) is 0 Å². The zero-order chi connectivity index (χ0) is 31.0. The summed E-state index contributed by atoms with van der Waals surface area (Å²) in [6.45, 7) is 14.2. The number of nitrogens with zero attached hydrogens (tertiary/aromatic N) is 4. The summed E-state index contributed by atoms with van der Waals surface area (Å²) in [6.07, 6.45) is 1.04.